The summed E-state index contributed by atoms with van der Waals surface area (Å²) in [5.41, 5.74) is 0.737. The van der Waals surface area contributed by atoms with Crippen molar-refractivity contribution < 1.29 is 9.47 Å². The summed E-state index contributed by atoms with van der Waals surface area (Å²) in [5.74, 6) is 2.02. The molecule has 0 fully saturated rings. The van der Waals surface area contributed by atoms with Crippen LogP contribution in [-0.4, -0.2) is 30.7 Å². The number of hydrogen-bond donors (Lipinski definition) is 1. The van der Waals surface area contributed by atoms with Crippen molar-refractivity contribution in [2.75, 3.05) is 26.1 Å². The fourth-order valence-corrected chi connectivity index (χ4v) is 3.20. The first kappa shape index (κ1) is 20.6. The summed E-state index contributed by atoms with van der Waals surface area (Å²) in [6.45, 7) is 3.12. The van der Waals surface area contributed by atoms with E-state index in [1.165, 1.54) is 44.9 Å². The van der Waals surface area contributed by atoms with Gasteiger partial charge in [-0.25, -0.2) is 9.97 Å². The molecule has 5 nitrogen and oxygen atoms in total. The molecule has 2 aromatic rings. The topological polar surface area (TPSA) is 56.3 Å². The predicted molar refractivity (Wildman–Crippen MR) is 109 cm³/mol. The van der Waals surface area contributed by atoms with Crippen molar-refractivity contribution in [2.24, 2.45) is 0 Å². The van der Waals surface area contributed by atoms with Gasteiger partial charge in [-0.3, -0.25) is 0 Å². The Morgan fingerprint density at radius 1 is 0.885 bits per heavy atom. The minimum Gasteiger partial charge on any atom is -0.493 e. The van der Waals surface area contributed by atoms with Crippen molar-refractivity contribution in [3.8, 4) is 11.5 Å². The summed E-state index contributed by atoms with van der Waals surface area (Å²) in [5, 5.41) is 4.50. The van der Waals surface area contributed by atoms with Gasteiger partial charge in [0, 0.05) is 18.0 Å². The standard InChI is InChI=1S/C20H30ClN3O2/c1-4-5-6-7-8-9-10-11-12-22-19-15-13-17(25-2)18(26-3)14-16(15)23-20(21)24-19/h13-14H,4-12H2,1-3H3,(H,22,23,24). The normalized spacial score (nSPS) is 10.9. The van der Waals surface area contributed by atoms with E-state index in [1.807, 2.05) is 12.1 Å². The van der Waals surface area contributed by atoms with Crippen LogP contribution in [0.5, 0.6) is 11.5 Å². The number of aromatic nitrogens is 2. The first-order chi connectivity index (χ1) is 12.7. The number of ether oxygens (including phenoxy) is 2. The minimum atomic E-state index is 0.225. The zero-order chi connectivity index (χ0) is 18.8. The van der Waals surface area contributed by atoms with Crippen LogP contribution in [0.4, 0.5) is 5.82 Å². The second-order valence-corrected chi connectivity index (χ2v) is 6.81. The average Bonchev–Trinajstić information content (AvgIpc) is 2.65. The molecule has 0 saturated heterocycles. The molecular weight excluding hydrogens is 350 g/mol. The zero-order valence-corrected chi connectivity index (χ0v) is 16.9. The van der Waals surface area contributed by atoms with Crippen LogP contribution in [0.3, 0.4) is 0 Å². The number of fused-ring (bicyclic) bond motifs is 1. The lowest BCUT2D eigenvalue weighted by molar-refractivity contribution is 0.356. The van der Waals surface area contributed by atoms with E-state index < -0.39 is 0 Å². The maximum Gasteiger partial charge on any atom is 0.224 e. The first-order valence-corrected chi connectivity index (χ1v) is 9.90. The van der Waals surface area contributed by atoms with Crippen molar-refractivity contribution in [2.45, 2.75) is 58.3 Å². The number of hydrogen-bond acceptors (Lipinski definition) is 5. The fourth-order valence-electron chi connectivity index (χ4n) is 3.03. The molecule has 0 spiro atoms. The Bertz CT molecular complexity index is 694. The van der Waals surface area contributed by atoms with Crippen LogP contribution in [0.15, 0.2) is 12.1 Å². The van der Waals surface area contributed by atoms with Gasteiger partial charge in [-0.2, -0.15) is 0 Å². The highest BCUT2D eigenvalue weighted by Crippen LogP contribution is 2.34. The molecule has 0 atom stereocenters. The number of nitrogens with zero attached hydrogens (tertiary/aromatic N) is 2. The van der Waals surface area contributed by atoms with Crippen molar-refractivity contribution in [1.29, 1.82) is 0 Å². The Morgan fingerprint density at radius 3 is 2.15 bits per heavy atom. The molecule has 0 aliphatic rings. The Kier molecular flexibility index (Phi) is 8.75. The van der Waals surface area contributed by atoms with E-state index >= 15 is 0 Å². The summed E-state index contributed by atoms with van der Waals surface area (Å²) in [7, 11) is 3.22. The third-order valence-electron chi connectivity index (χ3n) is 4.50. The van der Waals surface area contributed by atoms with Crippen LogP contribution in [-0.2, 0) is 0 Å². The third kappa shape index (κ3) is 5.90. The van der Waals surface area contributed by atoms with E-state index in [-0.39, 0.29) is 5.28 Å². The number of rotatable bonds is 12. The highest BCUT2D eigenvalue weighted by molar-refractivity contribution is 6.28. The second kappa shape index (κ2) is 11.1. The van der Waals surface area contributed by atoms with Crippen LogP contribution >= 0.6 is 11.6 Å². The second-order valence-electron chi connectivity index (χ2n) is 6.47. The largest absolute Gasteiger partial charge is 0.493 e. The third-order valence-corrected chi connectivity index (χ3v) is 4.67. The molecule has 0 bridgehead atoms. The van der Waals surface area contributed by atoms with Gasteiger partial charge in [0.15, 0.2) is 11.5 Å². The smallest absolute Gasteiger partial charge is 0.224 e. The average molecular weight is 380 g/mol. The highest BCUT2D eigenvalue weighted by atomic mass is 35.5. The fraction of sp³-hybridized carbons (Fsp3) is 0.600. The maximum absolute atomic E-state index is 6.08. The van der Waals surface area contributed by atoms with Crippen LogP contribution in [0.25, 0.3) is 10.9 Å². The first-order valence-electron chi connectivity index (χ1n) is 9.52. The van der Waals surface area contributed by atoms with Gasteiger partial charge in [0.25, 0.3) is 0 Å². The number of nitrogens with one attached hydrogen (secondary N) is 1. The van der Waals surface area contributed by atoms with Gasteiger partial charge in [0.1, 0.15) is 5.82 Å². The molecule has 0 aliphatic carbocycles. The number of unbranched alkanes of at least 4 members (excludes halogenated alkanes) is 7. The lowest BCUT2D eigenvalue weighted by Gasteiger charge is -2.12. The van der Waals surface area contributed by atoms with Gasteiger partial charge in [-0.05, 0) is 24.1 Å². The van der Waals surface area contributed by atoms with E-state index in [0.717, 1.165) is 29.7 Å². The summed E-state index contributed by atoms with van der Waals surface area (Å²) in [6, 6.07) is 3.71. The Labute approximate surface area is 161 Å². The Balaban J connectivity index is 1.92. The van der Waals surface area contributed by atoms with E-state index in [4.69, 9.17) is 21.1 Å². The monoisotopic (exact) mass is 379 g/mol. The summed E-state index contributed by atoms with van der Waals surface area (Å²) >= 11 is 6.08. The summed E-state index contributed by atoms with van der Waals surface area (Å²) in [6.07, 6.45) is 10.4. The Morgan fingerprint density at radius 2 is 1.50 bits per heavy atom. The van der Waals surface area contributed by atoms with E-state index in [2.05, 4.69) is 22.2 Å². The van der Waals surface area contributed by atoms with Crippen molar-refractivity contribution in [1.82, 2.24) is 9.97 Å². The molecule has 2 rings (SSSR count). The van der Waals surface area contributed by atoms with Crippen molar-refractivity contribution in [3.63, 3.8) is 0 Å². The highest BCUT2D eigenvalue weighted by Gasteiger charge is 2.12. The maximum atomic E-state index is 6.08. The van der Waals surface area contributed by atoms with Gasteiger partial charge in [-0.15, -0.1) is 0 Å². The molecule has 1 aromatic carbocycles. The molecule has 6 heteroatoms. The quantitative estimate of drug-likeness (QED) is 0.370. The molecule has 1 heterocycles. The van der Waals surface area contributed by atoms with Gasteiger partial charge in [0.05, 0.1) is 19.7 Å². The summed E-state index contributed by atoms with van der Waals surface area (Å²) < 4.78 is 10.7. The van der Waals surface area contributed by atoms with Crippen LogP contribution in [0.2, 0.25) is 5.28 Å². The predicted octanol–water partition coefficient (Wildman–Crippen LogP) is 5.85. The number of halogens is 1. The van der Waals surface area contributed by atoms with Gasteiger partial charge >= 0.3 is 0 Å². The molecule has 0 aliphatic heterocycles. The molecule has 0 radical (unpaired) electrons. The van der Waals surface area contributed by atoms with Crippen LogP contribution < -0.4 is 14.8 Å². The van der Waals surface area contributed by atoms with Gasteiger partial charge in [0.2, 0.25) is 5.28 Å². The van der Waals surface area contributed by atoms with Crippen molar-refractivity contribution >= 4 is 28.3 Å². The van der Waals surface area contributed by atoms with Gasteiger partial charge < -0.3 is 14.8 Å². The molecule has 0 saturated carbocycles. The van der Waals surface area contributed by atoms with Crippen LogP contribution in [0, 0.1) is 0 Å². The number of benzene rings is 1. The van der Waals surface area contributed by atoms with E-state index in [9.17, 15) is 0 Å². The molecule has 0 amide bonds. The Hall–Kier alpha value is -1.75. The van der Waals surface area contributed by atoms with Gasteiger partial charge in [-0.1, -0.05) is 51.9 Å². The molecule has 144 valence electrons. The SMILES string of the molecule is CCCCCCCCCCNc1nc(Cl)nc2cc(OC)c(OC)cc12. The minimum absolute atomic E-state index is 0.225. The molecule has 1 N–H and O–H groups in total. The van der Waals surface area contributed by atoms with E-state index in [0.29, 0.717) is 11.5 Å². The molecule has 26 heavy (non-hydrogen) atoms. The zero-order valence-electron chi connectivity index (χ0n) is 16.1. The molecule has 1 aromatic heterocycles. The molecule has 0 unspecified atom stereocenters. The summed E-state index contributed by atoms with van der Waals surface area (Å²) in [4.78, 5) is 8.64. The van der Waals surface area contributed by atoms with Crippen molar-refractivity contribution in [3.05, 3.63) is 17.4 Å². The van der Waals surface area contributed by atoms with E-state index in [1.54, 1.807) is 14.2 Å². The lowest BCUT2D eigenvalue weighted by atomic mass is 10.1. The van der Waals surface area contributed by atoms with Crippen LogP contribution in [0.1, 0.15) is 58.3 Å². The number of anilines is 1. The number of methoxy groups -OCH3 is 2. The molecular formula is C20H30ClN3O2. The lowest BCUT2D eigenvalue weighted by Crippen LogP contribution is -2.05.